The van der Waals surface area contributed by atoms with E-state index < -0.39 is 11.4 Å². The number of rotatable bonds is 5. The Kier molecular flexibility index (Phi) is 3.73. The van der Waals surface area contributed by atoms with E-state index in [1.165, 1.54) is 0 Å². The lowest BCUT2D eigenvalue weighted by Gasteiger charge is -2.37. The van der Waals surface area contributed by atoms with Crippen molar-refractivity contribution in [1.82, 2.24) is 20.8 Å². The first-order valence-corrected chi connectivity index (χ1v) is 6.30. The summed E-state index contributed by atoms with van der Waals surface area (Å²) in [6, 6.07) is -0.540. The van der Waals surface area contributed by atoms with E-state index in [-0.39, 0.29) is 18.6 Å². The molecule has 19 heavy (non-hydrogen) atoms. The number of carboxylic acids is 1. The molecule has 0 bridgehead atoms. The first-order valence-electron chi connectivity index (χ1n) is 6.30. The largest absolute Gasteiger partial charge is 0.481 e. The van der Waals surface area contributed by atoms with Crippen LogP contribution in [0.15, 0.2) is 12.4 Å². The SMILES string of the molecule is CC(NC(=O)NCC1(C(=O)O)CCC1)c1cn[nH]c1. The Morgan fingerprint density at radius 2 is 2.32 bits per heavy atom. The average molecular weight is 266 g/mol. The van der Waals surface area contributed by atoms with Gasteiger partial charge in [0, 0.05) is 18.3 Å². The standard InChI is InChI=1S/C12H18N4O3/c1-8(9-5-14-15-6-9)16-11(19)13-7-12(10(17)18)3-2-4-12/h5-6,8H,2-4,7H2,1H3,(H,14,15)(H,17,18)(H2,13,16,19). The topological polar surface area (TPSA) is 107 Å². The predicted molar refractivity (Wildman–Crippen MR) is 67.5 cm³/mol. The molecule has 2 amide bonds. The number of H-pyrrole nitrogens is 1. The van der Waals surface area contributed by atoms with Gasteiger partial charge in [0.1, 0.15) is 0 Å². The van der Waals surface area contributed by atoms with Gasteiger partial charge in [-0.05, 0) is 19.8 Å². The summed E-state index contributed by atoms with van der Waals surface area (Å²) in [6.45, 7) is 2.01. The van der Waals surface area contributed by atoms with E-state index >= 15 is 0 Å². The zero-order valence-electron chi connectivity index (χ0n) is 10.8. The van der Waals surface area contributed by atoms with Crippen LogP contribution in [0.1, 0.15) is 37.8 Å². The molecule has 1 fully saturated rings. The van der Waals surface area contributed by atoms with Gasteiger partial charge in [-0.15, -0.1) is 0 Å². The van der Waals surface area contributed by atoms with E-state index in [0.29, 0.717) is 12.8 Å². The van der Waals surface area contributed by atoms with Crippen molar-refractivity contribution in [3.8, 4) is 0 Å². The molecule has 0 spiro atoms. The van der Waals surface area contributed by atoms with Gasteiger partial charge in [0.05, 0.1) is 17.7 Å². The van der Waals surface area contributed by atoms with Crippen molar-refractivity contribution < 1.29 is 14.7 Å². The second-order valence-electron chi connectivity index (χ2n) is 5.02. The lowest BCUT2D eigenvalue weighted by Crippen LogP contribution is -2.50. The fourth-order valence-corrected chi connectivity index (χ4v) is 2.15. The molecule has 1 saturated carbocycles. The van der Waals surface area contributed by atoms with E-state index in [9.17, 15) is 9.59 Å². The Balaban J connectivity index is 1.80. The van der Waals surface area contributed by atoms with Gasteiger partial charge >= 0.3 is 12.0 Å². The van der Waals surface area contributed by atoms with Crippen molar-refractivity contribution in [2.75, 3.05) is 6.54 Å². The number of carbonyl (C=O) groups excluding carboxylic acids is 1. The number of aliphatic carboxylic acids is 1. The Bertz CT molecular complexity index is 454. The number of carboxylic acid groups (broad SMARTS) is 1. The smallest absolute Gasteiger partial charge is 0.315 e. The molecule has 0 aromatic carbocycles. The summed E-state index contributed by atoms with van der Waals surface area (Å²) in [5.74, 6) is -0.832. The second-order valence-corrected chi connectivity index (χ2v) is 5.02. The van der Waals surface area contributed by atoms with Gasteiger partial charge in [0.2, 0.25) is 0 Å². The lowest BCUT2D eigenvalue weighted by atomic mass is 9.69. The summed E-state index contributed by atoms with van der Waals surface area (Å²) < 4.78 is 0. The van der Waals surface area contributed by atoms with Gasteiger partial charge in [-0.3, -0.25) is 9.89 Å². The molecule has 1 aromatic rings. The maximum absolute atomic E-state index is 11.7. The third-order valence-corrected chi connectivity index (χ3v) is 3.72. The van der Waals surface area contributed by atoms with Gasteiger partial charge in [-0.1, -0.05) is 6.42 Å². The summed E-state index contributed by atoms with van der Waals surface area (Å²) in [6.07, 6.45) is 5.49. The molecule has 1 unspecified atom stereocenters. The molecule has 1 heterocycles. The maximum atomic E-state index is 11.7. The summed E-state index contributed by atoms with van der Waals surface area (Å²) >= 11 is 0. The van der Waals surface area contributed by atoms with E-state index in [0.717, 1.165) is 12.0 Å². The van der Waals surface area contributed by atoms with E-state index in [4.69, 9.17) is 5.11 Å². The third kappa shape index (κ3) is 2.86. The van der Waals surface area contributed by atoms with Crippen LogP contribution in [0.5, 0.6) is 0 Å². The van der Waals surface area contributed by atoms with Crippen LogP contribution in [-0.4, -0.2) is 33.8 Å². The fraction of sp³-hybridized carbons (Fsp3) is 0.583. The minimum absolute atomic E-state index is 0.173. The third-order valence-electron chi connectivity index (χ3n) is 3.72. The van der Waals surface area contributed by atoms with Crippen LogP contribution in [0.25, 0.3) is 0 Å². The van der Waals surface area contributed by atoms with Gasteiger partial charge in [0.25, 0.3) is 0 Å². The van der Waals surface area contributed by atoms with Crippen LogP contribution in [-0.2, 0) is 4.79 Å². The zero-order chi connectivity index (χ0) is 13.9. The monoisotopic (exact) mass is 266 g/mol. The van der Waals surface area contributed by atoms with Crippen molar-refractivity contribution in [1.29, 1.82) is 0 Å². The van der Waals surface area contributed by atoms with Crippen molar-refractivity contribution in [3.05, 3.63) is 18.0 Å². The molecule has 1 atom stereocenters. The van der Waals surface area contributed by atoms with Gasteiger partial charge < -0.3 is 15.7 Å². The van der Waals surface area contributed by atoms with Gasteiger partial charge in [-0.25, -0.2) is 4.79 Å². The Morgan fingerprint density at radius 1 is 1.58 bits per heavy atom. The van der Waals surface area contributed by atoms with Crippen LogP contribution in [0.3, 0.4) is 0 Å². The highest BCUT2D eigenvalue weighted by Gasteiger charge is 2.44. The molecule has 104 valence electrons. The number of aromatic nitrogens is 2. The molecule has 0 saturated heterocycles. The summed E-state index contributed by atoms with van der Waals surface area (Å²) in [5.41, 5.74) is 0.0997. The quantitative estimate of drug-likeness (QED) is 0.638. The number of urea groups is 1. The average Bonchev–Trinajstić information content (AvgIpc) is 2.80. The molecule has 1 aromatic heterocycles. The molecule has 7 nitrogen and oxygen atoms in total. The van der Waals surface area contributed by atoms with Crippen LogP contribution < -0.4 is 10.6 Å². The van der Waals surface area contributed by atoms with Crippen LogP contribution in [0, 0.1) is 5.41 Å². The highest BCUT2D eigenvalue weighted by Crippen LogP contribution is 2.40. The van der Waals surface area contributed by atoms with Gasteiger partial charge in [-0.2, -0.15) is 5.10 Å². The summed E-state index contributed by atoms with van der Waals surface area (Å²) in [7, 11) is 0. The first-order chi connectivity index (χ1) is 9.03. The molecule has 0 radical (unpaired) electrons. The summed E-state index contributed by atoms with van der Waals surface area (Å²) in [5, 5.41) is 21.0. The van der Waals surface area contributed by atoms with Crippen molar-refractivity contribution in [2.24, 2.45) is 5.41 Å². The van der Waals surface area contributed by atoms with E-state index in [2.05, 4.69) is 20.8 Å². The molecule has 1 aliphatic carbocycles. The van der Waals surface area contributed by atoms with Crippen molar-refractivity contribution in [2.45, 2.75) is 32.2 Å². The van der Waals surface area contributed by atoms with Crippen LogP contribution in [0.2, 0.25) is 0 Å². The molecule has 1 aliphatic rings. The molecule has 7 heteroatoms. The van der Waals surface area contributed by atoms with Crippen LogP contribution in [0.4, 0.5) is 4.79 Å². The van der Waals surface area contributed by atoms with Crippen molar-refractivity contribution in [3.63, 3.8) is 0 Å². The molecular formula is C12H18N4O3. The zero-order valence-corrected chi connectivity index (χ0v) is 10.8. The van der Waals surface area contributed by atoms with Crippen LogP contribution >= 0.6 is 0 Å². The Labute approximate surface area is 110 Å². The molecule has 0 aliphatic heterocycles. The van der Waals surface area contributed by atoms with Crippen molar-refractivity contribution >= 4 is 12.0 Å². The number of amides is 2. The number of carbonyl (C=O) groups is 2. The predicted octanol–water partition coefficient (Wildman–Crippen LogP) is 1.02. The maximum Gasteiger partial charge on any atom is 0.315 e. The first kappa shape index (κ1) is 13.4. The minimum atomic E-state index is -0.832. The number of nitrogens with zero attached hydrogens (tertiary/aromatic N) is 1. The number of hydrogen-bond acceptors (Lipinski definition) is 3. The molecule has 2 rings (SSSR count). The van der Waals surface area contributed by atoms with Gasteiger partial charge in [0.15, 0.2) is 0 Å². The normalized spacial score (nSPS) is 18.2. The second kappa shape index (κ2) is 5.29. The Hall–Kier alpha value is -2.05. The van der Waals surface area contributed by atoms with E-state index in [1.807, 2.05) is 6.92 Å². The number of hydrogen-bond donors (Lipinski definition) is 4. The summed E-state index contributed by atoms with van der Waals surface area (Å²) in [4.78, 5) is 22.9. The highest BCUT2D eigenvalue weighted by atomic mass is 16.4. The molecule has 4 N–H and O–H groups in total. The highest BCUT2D eigenvalue weighted by molar-refractivity contribution is 5.79. The lowest BCUT2D eigenvalue weighted by molar-refractivity contribution is -0.153. The number of nitrogens with one attached hydrogen (secondary N) is 3. The minimum Gasteiger partial charge on any atom is -0.481 e. The Morgan fingerprint density at radius 3 is 2.79 bits per heavy atom. The fourth-order valence-electron chi connectivity index (χ4n) is 2.15. The number of aromatic amines is 1. The van der Waals surface area contributed by atoms with E-state index in [1.54, 1.807) is 12.4 Å². The molecular weight excluding hydrogens is 248 g/mol.